The first-order valence-electron chi connectivity index (χ1n) is 8.30. The van der Waals surface area contributed by atoms with Crippen molar-refractivity contribution in [2.45, 2.75) is 63.9 Å². The van der Waals surface area contributed by atoms with Crippen molar-refractivity contribution in [3.63, 3.8) is 0 Å². The van der Waals surface area contributed by atoms with Gasteiger partial charge in [0, 0.05) is 0 Å². The third kappa shape index (κ3) is 4.47. The summed E-state index contributed by atoms with van der Waals surface area (Å²) in [6.07, 6.45) is 6.17. The topological polar surface area (TPSA) is 66.8 Å². The van der Waals surface area contributed by atoms with Gasteiger partial charge in [-0.3, -0.25) is 0 Å². The molecular formula is C18H26O4. The molecule has 22 heavy (non-hydrogen) atoms. The van der Waals surface area contributed by atoms with Crippen LogP contribution < -0.4 is 0 Å². The monoisotopic (exact) mass is 306 g/mol. The van der Waals surface area contributed by atoms with E-state index in [0.29, 0.717) is 12.5 Å². The number of phenols is 1. The second-order valence-electron chi connectivity index (χ2n) is 6.13. The van der Waals surface area contributed by atoms with Gasteiger partial charge in [0.25, 0.3) is 0 Å². The van der Waals surface area contributed by atoms with Crippen LogP contribution in [0.3, 0.4) is 0 Å². The van der Waals surface area contributed by atoms with Crippen molar-refractivity contribution in [1.82, 2.24) is 0 Å². The molecule has 0 radical (unpaired) electrons. The predicted octanol–water partition coefficient (Wildman–Crippen LogP) is 3.76. The van der Waals surface area contributed by atoms with Gasteiger partial charge in [-0.1, -0.05) is 25.8 Å². The molecule has 1 aliphatic carbocycles. The smallest absolute Gasteiger partial charge is 0.341 e. The SMILES string of the molecule is CCCCCOC(=O)c1cc([C@H]2CC[C@H](O)CC2)ccc1O. The molecule has 0 amide bonds. The number of benzene rings is 1. The Morgan fingerprint density at radius 3 is 2.64 bits per heavy atom. The van der Waals surface area contributed by atoms with Crippen LogP contribution in [-0.2, 0) is 4.74 Å². The van der Waals surface area contributed by atoms with Crippen LogP contribution in [0.5, 0.6) is 5.75 Å². The molecule has 0 saturated heterocycles. The third-order valence-corrected chi connectivity index (χ3v) is 4.39. The maximum atomic E-state index is 12.1. The highest BCUT2D eigenvalue weighted by Gasteiger charge is 2.22. The van der Waals surface area contributed by atoms with Crippen molar-refractivity contribution in [3.8, 4) is 5.75 Å². The Labute approximate surface area is 132 Å². The van der Waals surface area contributed by atoms with Gasteiger partial charge in [-0.05, 0) is 55.7 Å². The van der Waals surface area contributed by atoms with Crippen molar-refractivity contribution >= 4 is 5.97 Å². The summed E-state index contributed by atoms with van der Waals surface area (Å²) < 4.78 is 5.23. The fourth-order valence-electron chi connectivity index (χ4n) is 2.97. The van der Waals surface area contributed by atoms with E-state index >= 15 is 0 Å². The standard InChI is InChI=1S/C18H26O4/c1-2-3-4-11-22-18(21)16-12-14(7-10-17(16)20)13-5-8-15(19)9-6-13/h7,10,12-13,15,19-20H,2-6,8-9,11H2,1H3/t13-,15-. The Morgan fingerprint density at radius 2 is 1.95 bits per heavy atom. The minimum Gasteiger partial charge on any atom is -0.507 e. The van der Waals surface area contributed by atoms with E-state index in [9.17, 15) is 15.0 Å². The number of phenolic OH excluding ortho intramolecular Hbond substituents is 1. The lowest BCUT2D eigenvalue weighted by molar-refractivity contribution is 0.0494. The van der Waals surface area contributed by atoms with Crippen molar-refractivity contribution < 1.29 is 19.7 Å². The van der Waals surface area contributed by atoms with E-state index < -0.39 is 5.97 Å². The van der Waals surface area contributed by atoms with Gasteiger partial charge in [-0.2, -0.15) is 0 Å². The first-order valence-corrected chi connectivity index (χ1v) is 8.30. The third-order valence-electron chi connectivity index (χ3n) is 4.39. The molecule has 2 rings (SSSR count). The van der Waals surface area contributed by atoms with Crippen molar-refractivity contribution in [1.29, 1.82) is 0 Å². The first kappa shape index (κ1) is 16.8. The molecule has 1 aromatic carbocycles. The van der Waals surface area contributed by atoms with E-state index in [2.05, 4.69) is 6.92 Å². The molecule has 4 heteroatoms. The Bertz CT molecular complexity index is 490. The minimum atomic E-state index is -0.453. The highest BCUT2D eigenvalue weighted by molar-refractivity contribution is 5.92. The van der Waals surface area contributed by atoms with E-state index in [0.717, 1.165) is 50.5 Å². The number of esters is 1. The lowest BCUT2D eigenvalue weighted by Crippen LogP contribution is -2.17. The summed E-state index contributed by atoms with van der Waals surface area (Å²) in [6.45, 7) is 2.49. The van der Waals surface area contributed by atoms with Crippen LogP contribution in [0.1, 0.15) is 73.7 Å². The van der Waals surface area contributed by atoms with E-state index in [1.165, 1.54) is 0 Å². The molecule has 1 aromatic rings. The fourth-order valence-corrected chi connectivity index (χ4v) is 2.97. The molecule has 0 heterocycles. The Hall–Kier alpha value is -1.55. The second-order valence-corrected chi connectivity index (χ2v) is 6.13. The van der Waals surface area contributed by atoms with Gasteiger partial charge in [-0.25, -0.2) is 4.79 Å². The molecule has 0 atom stereocenters. The number of unbranched alkanes of at least 4 members (excludes halogenated alkanes) is 2. The molecule has 2 N–H and O–H groups in total. The molecule has 1 aliphatic rings. The van der Waals surface area contributed by atoms with Crippen LogP contribution in [0.2, 0.25) is 0 Å². The van der Waals surface area contributed by atoms with Gasteiger partial charge < -0.3 is 14.9 Å². The summed E-state index contributed by atoms with van der Waals surface area (Å²) in [5, 5.41) is 19.5. The molecule has 0 spiro atoms. The molecular weight excluding hydrogens is 280 g/mol. The van der Waals surface area contributed by atoms with Crippen LogP contribution in [0.4, 0.5) is 0 Å². The van der Waals surface area contributed by atoms with Crippen molar-refractivity contribution in [3.05, 3.63) is 29.3 Å². The molecule has 0 unspecified atom stereocenters. The zero-order valence-corrected chi connectivity index (χ0v) is 13.3. The summed E-state index contributed by atoms with van der Waals surface area (Å²) in [6, 6.07) is 5.19. The molecule has 4 nitrogen and oxygen atoms in total. The predicted molar refractivity (Wildman–Crippen MR) is 85.1 cm³/mol. The lowest BCUT2D eigenvalue weighted by Gasteiger charge is -2.26. The van der Waals surface area contributed by atoms with E-state index in [1.807, 2.05) is 6.07 Å². The fraction of sp³-hybridized carbons (Fsp3) is 0.611. The summed E-state index contributed by atoms with van der Waals surface area (Å²) >= 11 is 0. The zero-order valence-electron chi connectivity index (χ0n) is 13.3. The molecule has 0 aromatic heterocycles. The minimum absolute atomic E-state index is 0.0277. The molecule has 122 valence electrons. The van der Waals surface area contributed by atoms with Gasteiger partial charge in [0.15, 0.2) is 0 Å². The van der Waals surface area contributed by atoms with Gasteiger partial charge in [0.1, 0.15) is 11.3 Å². The van der Waals surface area contributed by atoms with Gasteiger partial charge in [-0.15, -0.1) is 0 Å². The van der Waals surface area contributed by atoms with Crippen LogP contribution in [-0.4, -0.2) is 28.9 Å². The molecule has 1 fully saturated rings. The number of ether oxygens (including phenoxy) is 1. The zero-order chi connectivity index (χ0) is 15.9. The maximum Gasteiger partial charge on any atom is 0.341 e. The highest BCUT2D eigenvalue weighted by Crippen LogP contribution is 2.34. The summed E-state index contributed by atoms with van der Waals surface area (Å²) in [5.74, 6) is -0.137. The van der Waals surface area contributed by atoms with E-state index in [1.54, 1.807) is 12.1 Å². The summed E-state index contributed by atoms with van der Waals surface area (Å²) in [5.41, 5.74) is 1.30. The average molecular weight is 306 g/mol. The average Bonchev–Trinajstić information content (AvgIpc) is 2.53. The quantitative estimate of drug-likeness (QED) is 0.620. The normalized spacial score (nSPS) is 21.5. The summed E-state index contributed by atoms with van der Waals surface area (Å²) in [7, 11) is 0. The number of hydrogen-bond donors (Lipinski definition) is 2. The number of carbonyl (C=O) groups is 1. The first-order chi connectivity index (χ1) is 10.6. The Balaban J connectivity index is 2.01. The second kappa shape index (κ2) is 8.18. The number of carbonyl (C=O) groups excluding carboxylic acids is 1. The van der Waals surface area contributed by atoms with Crippen LogP contribution >= 0.6 is 0 Å². The highest BCUT2D eigenvalue weighted by atomic mass is 16.5. The van der Waals surface area contributed by atoms with Gasteiger partial charge in [0.2, 0.25) is 0 Å². The number of hydrogen-bond acceptors (Lipinski definition) is 4. The number of aliphatic hydroxyl groups excluding tert-OH is 1. The number of rotatable bonds is 6. The molecule has 1 saturated carbocycles. The van der Waals surface area contributed by atoms with Crippen LogP contribution in [0.25, 0.3) is 0 Å². The lowest BCUT2D eigenvalue weighted by atomic mass is 9.82. The van der Waals surface area contributed by atoms with Gasteiger partial charge in [0.05, 0.1) is 12.7 Å². The Morgan fingerprint density at radius 1 is 1.23 bits per heavy atom. The number of aromatic hydroxyl groups is 1. The van der Waals surface area contributed by atoms with Crippen LogP contribution in [0, 0.1) is 0 Å². The molecule has 0 aliphatic heterocycles. The largest absolute Gasteiger partial charge is 0.507 e. The number of aliphatic hydroxyl groups is 1. The van der Waals surface area contributed by atoms with Crippen LogP contribution in [0.15, 0.2) is 18.2 Å². The van der Waals surface area contributed by atoms with E-state index in [-0.39, 0.29) is 17.4 Å². The van der Waals surface area contributed by atoms with E-state index in [4.69, 9.17) is 4.74 Å². The molecule has 0 bridgehead atoms. The Kier molecular flexibility index (Phi) is 6.25. The van der Waals surface area contributed by atoms with Gasteiger partial charge >= 0.3 is 5.97 Å². The summed E-state index contributed by atoms with van der Waals surface area (Å²) in [4.78, 5) is 12.1. The van der Waals surface area contributed by atoms with Crippen molar-refractivity contribution in [2.24, 2.45) is 0 Å². The maximum absolute atomic E-state index is 12.1. The van der Waals surface area contributed by atoms with Crippen molar-refractivity contribution in [2.75, 3.05) is 6.61 Å².